The van der Waals surface area contributed by atoms with Crippen LogP contribution in [0.25, 0.3) is 33.3 Å². The Balaban J connectivity index is 1.71. The Bertz CT molecular complexity index is 1350. The number of carbonyl (C=O) groups excluding carboxylic acids is 1. The molecule has 0 saturated heterocycles. The van der Waals surface area contributed by atoms with E-state index in [0.717, 1.165) is 64.1 Å². The van der Waals surface area contributed by atoms with Crippen molar-refractivity contribution in [2.24, 2.45) is 0 Å². The molecule has 0 aromatic carbocycles. The summed E-state index contributed by atoms with van der Waals surface area (Å²) in [5.41, 5.74) is 5.40. The van der Waals surface area contributed by atoms with Crippen molar-refractivity contribution < 1.29 is 4.79 Å². The number of carbonyl (C=O) groups is 1. The molecule has 1 saturated carbocycles. The molecule has 4 aromatic rings. The molecule has 152 valence electrons. The van der Waals surface area contributed by atoms with Gasteiger partial charge in [-0.1, -0.05) is 18.5 Å². The molecule has 1 amide bonds. The van der Waals surface area contributed by atoms with Gasteiger partial charge in [-0.3, -0.25) is 4.79 Å². The summed E-state index contributed by atoms with van der Waals surface area (Å²) in [5, 5.41) is 2.52. The van der Waals surface area contributed by atoms with E-state index in [4.69, 9.17) is 11.6 Å². The maximum absolute atomic E-state index is 12.7. The summed E-state index contributed by atoms with van der Waals surface area (Å²) in [4.78, 5) is 31.7. The van der Waals surface area contributed by atoms with E-state index in [-0.39, 0.29) is 11.4 Å². The number of aryl methyl sites for hydroxylation is 1. The first-order chi connectivity index (χ1) is 14.5. The molecule has 7 nitrogen and oxygen atoms in total. The van der Waals surface area contributed by atoms with Crippen LogP contribution in [0.1, 0.15) is 37.6 Å². The second kappa shape index (κ2) is 6.04. The summed E-state index contributed by atoms with van der Waals surface area (Å²) in [6.45, 7) is 5.20. The lowest BCUT2D eigenvalue weighted by atomic mass is 10.0. The van der Waals surface area contributed by atoms with Crippen molar-refractivity contribution in [3.63, 3.8) is 0 Å². The molecule has 30 heavy (non-hydrogen) atoms. The third kappa shape index (κ3) is 2.27. The molecule has 0 unspecified atom stereocenters. The number of nitrogens with zero attached hydrogens (tertiary/aromatic N) is 5. The monoisotopic (exact) mass is 420 g/mol. The van der Waals surface area contributed by atoms with E-state index >= 15 is 0 Å². The summed E-state index contributed by atoms with van der Waals surface area (Å²) >= 11 is 6.85. The highest BCUT2D eigenvalue weighted by atomic mass is 35.5. The molecule has 2 aliphatic rings. The number of aromatic nitrogens is 5. The fourth-order valence-corrected chi connectivity index (χ4v) is 5.28. The fraction of sp³-hybridized carbons (Fsp3) is 0.364. The van der Waals surface area contributed by atoms with Crippen molar-refractivity contribution in [3.8, 4) is 11.3 Å². The average Bonchev–Trinajstić information content (AvgIpc) is 3.31. The molecule has 1 aliphatic carbocycles. The summed E-state index contributed by atoms with van der Waals surface area (Å²) in [5.74, 6) is 0.177. The zero-order valence-electron chi connectivity index (χ0n) is 16.9. The van der Waals surface area contributed by atoms with Gasteiger partial charge in [0.1, 0.15) is 17.6 Å². The third-order valence-corrected chi connectivity index (χ3v) is 6.97. The Morgan fingerprint density at radius 3 is 2.87 bits per heavy atom. The lowest BCUT2D eigenvalue weighted by Gasteiger charge is -2.36. The van der Waals surface area contributed by atoms with Gasteiger partial charge in [0.15, 0.2) is 0 Å². The van der Waals surface area contributed by atoms with Gasteiger partial charge in [-0.05, 0) is 31.9 Å². The number of amides is 1. The normalized spacial score (nSPS) is 17.1. The number of nitrogens with one attached hydrogen (secondary N) is 1. The minimum atomic E-state index is -0.0769. The number of fused-ring (bicyclic) bond motifs is 5. The van der Waals surface area contributed by atoms with Gasteiger partial charge in [0.2, 0.25) is 5.91 Å². The number of hydrogen-bond acceptors (Lipinski definition) is 4. The van der Waals surface area contributed by atoms with Crippen molar-refractivity contribution >= 4 is 39.6 Å². The first-order valence-electron chi connectivity index (χ1n) is 10.3. The van der Waals surface area contributed by atoms with Gasteiger partial charge in [-0.15, -0.1) is 0 Å². The van der Waals surface area contributed by atoms with Gasteiger partial charge in [0.25, 0.3) is 0 Å². The molecule has 1 aliphatic heterocycles. The Hall–Kier alpha value is -2.93. The van der Waals surface area contributed by atoms with Crippen LogP contribution in [0.5, 0.6) is 0 Å². The van der Waals surface area contributed by atoms with E-state index in [1.165, 1.54) is 0 Å². The highest BCUT2D eigenvalue weighted by molar-refractivity contribution is 6.38. The topological polar surface area (TPSA) is 79.7 Å². The maximum atomic E-state index is 12.7. The lowest BCUT2D eigenvalue weighted by molar-refractivity contribution is -0.133. The number of H-pyrrole nitrogens is 1. The number of pyridine rings is 1. The van der Waals surface area contributed by atoms with Gasteiger partial charge in [0, 0.05) is 41.2 Å². The van der Waals surface area contributed by atoms with Crippen LogP contribution in [-0.4, -0.2) is 41.9 Å². The molecule has 0 atom stereocenters. The molecular weight excluding hydrogens is 400 g/mol. The van der Waals surface area contributed by atoms with Gasteiger partial charge in [0.05, 0.1) is 28.5 Å². The quantitative estimate of drug-likeness (QED) is 0.527. The van der Waals surface area contributed by atoms with Crippen LogP contribution in [0, 0.1) is 6.92 Å². The van der Waals surface area contributed by atoms with Gasteiger partial charge < -0.3 is 14.5 Å². The maximum Gasteiger partial charge on any atom is 0.222 e. The van der Waals surface area contributed by atoms with E-state index in [1.54, 1.807) is 12.5 Å². The Morgan fingerprint density at radius 1 is 1.30 bits per heavy atom. The van der Waals surface area contributed by atoms with E-state index in [9.17, 15) is 4.79 Å². The molecule has 8 heteroatoms. The van der Waals surface area contributed by atoms with Crippen LogP contribution in [0.15, 0.2) is 24.7 Å². The fourth-order valence-electron chi connectivity index (χ4n) is 4.99. The lowest BCUT2D eigenvalue weighted by Crippen LogP contribution is -2.45. The molecular formula is C22H21ClN6O. The molecule has 0 radical (unpaired) electrons. The van der Waals surface area contributed by atoms with Crippen molar-refractivity contribution in [1.82, 2.24) is 29.4 Å². The van der Waals surface area contributed by atoms with E-state index in [0.29, 0.717) is 18.0 Å². The molecule has 4 aromatic heterocycles. The van der Waals surface area contributed by atoms with Crippen molar-refractivity contribution in [3.05, 3.63) is 41.1 Å². The minimum Gasteiger partial charge on any atom is -0.338 e. The Morgan fingerprint density at radius 2 is 2.13 bits per heavy atom. The summed E-state index contributed by atoms with van der Waals surface area (Å²) in [7, 11) is 0. The Labute approximate surface area is 178 Å². The molecule has 1 spiro atoms. The van der Waals surface area contributed by atoms with Crippen LogP contribution in [-0.2, 0) is 16.9 Å². The minimum absolute atomic E-state index is 0.0769. The molecule has 1 fully saturated rings. The van der Waals surface area contributed by atoms with Crippen molar-refractivity contribution in [1.29, 1.82) is 0 Å². The summed E-state index contributed by atoms with van der Waals surface area (Å²) < 4.78 is 2.36. The number of halogens is 1. The van der Waals surface area contributed by atoms with Gasteiger partial charge in [-0.2, -0.15) is 0 Å². The predicted octanol–water partition coefficient (Wildman–Crippen LogP) is 4.18. The Kier molecular flexibility index (Phi) is 3.60. The molecule has 5 heterocycles. The van der Waals surface area contributed by atoms with Crippen molar-refractivity contribution in [2.45, 2.75) is 45.2 Å². The van der Waals surface area contributed by atoms with Gasteiger partial charge in [-0.25, -0.2) is 15.0 Å². The van der Waals surface area contributed by atoms with Crippen LogP contribution in [0.4, 0.5) is 0 Å². The summed E-state index contributed by atoms with van der Waals surface area (Å²) in [6.07, 6.45) is 5.97. The van der Waals surface area contributed by atoms with E-state index in [1.807, 2.05) is 30.9 Å². The highest BCUT2D eigenvalue weighted by Crippen LogP contribution is 2.53. The third-order valence-electron chi connectivity index (χ3n) is 6.58. The molecule has 1 N–H and O–H groups in total. The van der Waals surface area contributed by atoms with Gasteiger partial charge >= 0.3 is 0 Å². The second-order valence-corrected chi connectivity index (χ2v) is 8.73. The van der Waals surface area contributed by atoms with Crippen molar-refractivity contribution in [2.75, 3.05) is 6.54 Å². The van der Waals surface area contributed by atoms with Crippen LogP contribution < -0.4 is 0 Å². The number of rotatable bonds is 2. The molecule has 0 bridgehead atoms. The highest BCUT2D eigenvalue weighted by Gasteiger charge is 2.52. The van der Waals surface area contributed by atoms with Crippen LogP contribution in [0.3, 0.4) is 0 Å². The molecule has 6 rings (SSSR count). The van der Waals surface area contributed by atoms with Crippen LogP contribution in [0.2, 0.25) is 5.02 Å². The van der Waals surface area contributed by atoms with E-state index in [2.05, 4.69) is 24.5 Å². The largest absolute Gasteiger partial charge is 0.338 e. The first-order valence-corrected chi connectivity index (χ1v) is 10.7. The van der Waals surface area contributed by atoms with E-state index < -0.39 is 0 Å². The average molecular weight is 421 g/mol. The predicted molar refractivity (Wildman–Crippen MR) is 115 cm³/mol. The standard InChI is InChI=1S/C22H21ClN6O/c1-3-15(30)28-9-14-17(19-18(23)13-5-4-8-24-20(13)27-19)16-12(2)25-11-26-21(16)29(14)22(10-28)6-7-22/h4-5,8,11H,3,6-7,9-10H2,1-2H3,(H,24,27). The first kappa shape index (κ1) is 17.9. The smallest absolute Gasteiger partial charge is 0.222 e. The summed E-state index contributed by atoms with van der Waals surface area (Å²) in [6, 6.07) is 3.85. The number of hydrogen-bond donors (Lipinski definition) is 1. The zero-order chi connectivity index (χ0) is 20.6. The SMILES string of the molecule is CCC(=O)N1Cc2c(-c3[nH]c4ncccc4c3Cl)c3c(C)ncnc3n2C2(CC2)C1. The number of aromatic amines is 1. The van der Waals surface area contributed by atoms with Crippen LogP contribution >= 0.6 is 11.6 Å². The second-order valence-electron chi connectivity index (χ2n) is 8.36. The zero-order valence-corrected chi connectivity index (χ0v) is 17.6.